The molecule has 0 aliphatic heterocycles. The first-order valence-electron chi connectivity index (χ1n) is 5.19. The number of hydrogen-bond donors (Lipinski definition) is 1. The Kier molecular flexibility index (Phi) is 5.71. The number of sulfonamides is 1. The zero-order valence-electron chi connectivity index (χ0n) is 10.7. The van der Waals surface area contributed by atoms with Crippen LogP contribution in [0.4, 0.5) is 0 Å². The molecule has 1 rings (SSSR count). The van der Waals surface area contributed by atoms with E-state index in [4.69, 9.17) is 21.1 Å². The van der Waals surface area contributed by atoms with E-state index >= 15 is 0 Å². The Morgan fingerprint density at radius 3 is 2.35 bits per heavy atom. The lowest BCUT2D eigenvalue weighted by atomic mass is 10.5. The lowest BCUT2D eigenvalue weighted by Gasteiger charge is -2.07. The van der Waals surface area contributed by atoms with E-state index in [0.29, 0.717) is 0 Å². The van der Waals surface area contributed by atoms with Gasteiger partial charge in [-0.1, -0.05) is 17.7 Å². The molecule has 10 heteroatoms. The number of carbonyl (C=O) groups is 1. The standard InChI is InChI=1S/C10H12ClN3O5S/c1-18-7-6-8(19-2)13-9(12-7)10(15)14-20(16,17)5-3-4-11/h3-4,6H,5H2,1-2H3,(H,14,15)/b4-3-. The van der Waals surface area contributed by atoms with E-state index in [2.05, 4.69) is 9.97 Å². The second-order valence-corrected chi connectivity index (χ2v) is 5.37. The molecule has 0 saturated carbocycles. The molecule has 0 atom stereocenters. The van der Waals surface area contributed by atoms with Gasteiger partial charge in [0.15, 0.2) is 0 Å². The van der Waals surface area contributed by atoms with Gasteiger partial charge in [-0.05, 0) is 0 Å². The summed E-state index contributed by atoms with van der Waals surface area (Å²) in [5, 5.41) is 0. The van der Waals surface area contributed by atoms with Crippen molar-refractivity contribution in [1.29, 1.82) is 0 Å². The van der Waals surface area contributed by atoms with Crippen molar-refractivity contribution >= 4 is 27.5 Å². The topological polar surface area (TPSA) is 107 Å². The van der Waals surface area contributed by atoms with Gasteiger partial charge in [-0.25, -0.2) is 13.1 Å². The Labute approximate surface area is 120 Å². The highest BCUT2D eigenvalue weighted by Gasteiger charge is 2.19. The van der Waals surface area contributed by atoms with Crippen LogP contribution in [0.1, 0.15) is 10.6 Å². The predicted molar refractivity (Wildman–Crippen MR) is 71.4 cm³/mol. The highest BCUT2D eigenvalue weighted by atomic mass is 35.5. The summed E-state index contributed by atoms with van der Waals surface area (Å²) in [6, 6.07) is 1.35. The highest BCUT2D eigenvalue weighted by molar-refractivity contribution is 7.90. The molecule has 0 aliphatic carbocycles. The van der Waals surface area contributed by atoms with Crippen LogP contribution < -0.4 is 14.2 Å². The number of aromatic nitrogens is 2. The maximum Gasteiger partial charge on any atom is 0.302 e. The number of amides is 1. The molecule has 0 spiro atoms. The van der Waals surface area contributed by atoms with E-state index in [1.165, 1.54) is 26.4 Å². The lowest BCUT2D eigenvalue weighted by molar-refractivity contribution is 0.0969. The summed E-state index contributed by atoms with van der Waals surface area (Å²) in [6.07, 6.45) is 1.17. The molecule has 20 heavy (non-hydrogen) atoms. The smallest absolute Gasteiger partial charge is 0.302 e. The minimum atomic E-state index is -3.86. The van der Waals surface area contributed by atoms with Gasteiger partial charge in [0.05, 0.1) is 26.0 Å². The molecule has 0 aliphatic rings. The molecule has 1 N–H and O–H groups in total. The first-order valence-corrected chi connectivity index (χ1v) is 7.28. The zero-order chi connectivity index (χ0) is 15.2. The molecule has 0 fully saturated rings. The maximum absolute atomic E-state index is 11.8. The fraction of sp³-hybridized carbons (Fsp3) is 0.300. The number of halogens is 1. The van der Waals surface area contributed by atoms with Crippen molar-refractivity contribution in [1.82, 2.24) is 14.7 Å². The Balaban J connectivity index is 2.97. The van der Waals surface area contributed by atoms with Gasteiger partial charge in [-0.3, -0.25) is 4.79 Å². The van der Waals surface area contributed by atoms with Crippen molar-refractivity contribution in [2.75, 3.05) is 20.0 Å². The first-order chi connectivity index (χ1) is 9.41. The second-order valence-electron chi connectivity index (χ2n) is 3.35. The van der Waals surface area contributed by atoms with Crippen LogP contribution in [0.3, 0.4) is 0 Å². The van der Waals surface area contributed by atoms with Crippen LogP contribution in [0.15, 0.2) is 17.7 Å². The summed E-state index contributed by atoms with van der Waals surface area (Å²) in [5.74, 6) is -1.69. The zero-order valence-corrected chi connectivity index (χ0v) is 12.2. The Morgan fingerprint density at radius 2 is 1.90 bits per heavy atom. The van der Waals surface area contributed by atoms with Gasteiger partial charge in [0.1, 0.15) is 0 Å². The van der Waals surface area contributed by atoms with Gasteiger partial charge in [-0.15, -0.1) is 0 Å². The number of ether oxygens (including phenoxy) is 2. The quantitative estimate of drug-likeness (QED) is 0.803. The number of hydrogen-bond acceptors (Lipinski definition) is 7. The Hall–Kier alpha value is -1.87. The largest absolute Gasteiger partial charge is 0.481 e. The molecule has 1 amide bonds. The average molecular weight is 322 g/mol. The van der Waals surface area contributed by atoms with Crippen molar-refractivity contribution in [3.05, 3.63) is 23.5 Å². The van der Waals surface area contributed by atoms with E-state index in [1.807, 2.05) is 0 Å². The fourth-order valence-corrected chi connectivity index (χ4v) is 2.11. The van der Waals surface area contributed by atoms with Gasteiger partial charge in [0.2, 0.25) is 27.6 Å². The molecule has 0 saturated heterocycles. The number of nitrogens with one attached hydrogen (secondary N) is 1. The second kappa shape index (κ2) is 7.06. The molecule has 1 aromatic heterocycles. The lowest BCUT2D eigenvalue weighted by Crippen LogP contribution is -2.33. The van der Waals surface area contributed by atoms with Crippen LogP contribution in [0.2, 0.25) is 0 Å². The summed E-state index contributed by atoms with van der Waals surface area (Å²) >= 11 is 5.22. The molecule has 1 heterocycles. The van der Waals surface area contributed by atoms with Crippen molar-refractivity contribution in [2.24, 2.45) is 0 Å². The van der Waals surface area contributed by atoms with Crippen LogP contribution in [-0.4, -0.2) is 44.3 Å². The van der Waals surface area contributed by atoms with Crippen LogP contribution in [0.5, 0.6) is 11.8 Å². The first kappa shape index (κ1) is 16.2. The molecular formula is C10H12ClN3O5S. The minimum Gasteiger partial charge on any atom is -0.481 e. The number of methoxy groups -OCH3 is 2. The molecular weight excluding hydrogens is 310 g/mol. The molecule has 0 aromatic carbocycles. The number of rotatable bonds is 6. The van der Waals surface area contributed by atoms with Gasteiger partial charge in [-0.2, -0.15) is 9.97 Å². The third-order valence-corrected chi connectivity index (χ3v) is 3.26. The molecule has 8 nitrogen and oxygen atoms in total. The Bertz CT molecular complexity index is 595. The predicted octanol–water partition coefficient (Wildman–Crippen LogP) is 0.306. The number of nitrogens with zero attached hydrogens (tertiary/aromatic N) is 2. The van der Waals surface area contributed by atoms with E-state index in [1.54, 1.807) is 4.72 Å². The maximum atomic E-state index is 11.8. The summed E-state index contributed by atoms with van der Waals surface area (Å²) < 4.78 is 34.5. The third kappa shape index (κ3) is 4.67. The molecule has 1 aromatic rings. The van der Waals surface area contributed by atoms with E-state index in [9.17, 15) is 13.2 Å². The highest BCUT2D eigenvalue weighted by Crippen LogP contribution is 2.14. The third-order valence-electron chi connectivity index (χ3n) is 1.95. The minimum absolute atomic E-state index is 0.0695. The molecule has 0 unspecified atom stereocenters. The summed E-state index contributed by atoms with van der Waals surface area (Å²) in [4.78, 5) is 19.2. The van der Waals surface area contributed by atoms with Gasteiger partial charge < -0.3 is 9.47 Å². The number of carbonyl (C=O) groups excluding carboxylic acids is 1. The van der Waals surface area contributed by atoms with E-state index < -0.39 is 21.7 Å². The van der Waals surface area contributed by atoms with Gasteiger partial charge in [0.25, 0.3) is 0 Å². The molecule has 110 valence electrons. The van der Waals surface area contributed by atoms with Crippen molar-refractivity contribution in [3.8, 4) is 11.8 Å². The normalized spacial score (nSPS) is 11.3. The SMILES string of the molecule is COc1cc(OC)nc(C(=O)NS(=O)(=O)C/C=C\Cl)n1. The summed E-state index contributed by atoms with van der Waals surface area (Å²) in [6.45, 7) is 0. The van der Waals surface area contributed by atoms with Crippen molar-refractivity contribution in [2.45, 2.75) is 0 Å². The van der Waals surface area contributed by atoms with Gasteiger partial charge in [0, 0.05) is 5.54 Å². The van der Waals surface area contributed by atoms with Crippen LogP contribution in [0.25, 0.3) is 0 Å². The average Bonchev–Trinajstić information content (AvgIpc) is 2.44. The van der Waals surface area contributed by atoms with Crippen LogP contribution in [-0.2, 0) is 10.0 Å². The van der Waals surface area contributed by atoms with Crippen LogP contribution in [0, 0.1) is 0 Å². The van der Waals surface area contributed by atoms with Gasteiger partial charge >= 0.3 is 5.91 Å². The van der Waals surface area contributed by atoms with E-state index in [-0.39, 0.29) is 17.6 Å². The monoisotopic (exact) mass is 321 g/mol. The van der Waals surface area contributed by atoms with E-state index in [0.717, 1.165) is 5.54 Å². The van der Waals surface area contributed by atoms with Crippen molar-refractivity contribution in [3.63, 3.8) is 0 Å². The molecule has 0 bridgehead atoms. The Morgan fingerprint density at radius 1 is 1.35 bits per heavy atom. The molecule has 0 radical (unpaired) electrons. The summed E-state index contributed by atoms with van der Waals surface area (Å²) in [5.41, 5.74) is 1.04. The van der Waals surface area contributed by atoms with Crippen molar-refractivity contribution < 1.29 is 22.7 Å². The fourth-order valence-electron chi connectivity index (χ4n) is 1.11. The summed E-state index contributed by atoms with van der Waals surface area (Å²) in [7, 11) is -1.19. The van der Waals surface area contributed by atoms with Crippen LogP contribution >= 0.6 is 11.6 Å².